The van der Waals surface area contributed by atoms with Gasteiger partial charge in [-0.25, -0.2) is 0 Å². The van der Waals surface area contributed by atoms with E-state index in [4.69, 9.17) is 0 Å². The van der Waals surface area contributed by atoms with E-state index in [0.717, 1.165) is 23.9 Å². The molecule has 2 aliphatic heterocycles. The average Bonchev–Trinajstić information content (AvgIpc) is 2.94. The van der Waals surface area contributed by atoms with Crippen LogP contribution in [-0.4, -0.2) is 36.6 Å². The van der Waals surface area contributed by atoms with Crippen LogP contribution in [0.5, 0.6) is 0 Å². The fourth-order valence-electron chi connectivity index (χ4n) is 4.38. The Morgan fingerprint density at radius 1 is 1.06 bits per heavy atom. The van der Waals surface area contributed by atoms with Crippen LogP contribution < -0.4 is 5.32 Å². The molecule has 0 spiro atoms. The van der Waals surface area contributed by atoms with E-state index in [-0.39, 0.29) is 0 Å². The Balaban J connectivity index is 1.70. The second-order valence-electron chi connectivity index (χ2n) is 6.03. The SMILES string of the molecule is CCC1CNCC1N1CCC2CCCCC21. The molecule has 92 valence electrons. The van der Waals surface area contributed by atoms with E-state index < -0.39 is 0 Å². The van der Waals surface area contributed by atoms with Gasteiger partial charge in [0.05, 0.1) is 0 Å². The summed E-state index contributed by atoms with van der Waals surface area (Å²) in [6.07, 6.45) is 8.81. The third kappa shape index (κ3) is 1.80. The molecule has 3 aliphatic rings. The predicted molar refractivity (Wildman–Crippen MR) is 67.5 cm³/mol. The molecule has 0 aromatic heterocycles. The largest absolute Gasteiger partial charge is 0.315 e. The van der Waals surface area contributed by atoms with E-state index in [1.54, 1.807) is 0 Å². The first-order chi connectivity index (χ1) is 7.90. The van der Waals surface area contributed by atoms with E-state index >= 15 is 0 Å². The number of fused-ring (bicyclic) bond motifs is 1. The molecule has 1 saturated carbocycles. The van der Waals surface area contributed by atoms with E-state index in [0.29, 0.717) is 0 Å². The predicted octanol–water partition coefficient (Wildman–Crippen LogP) is 2.25. The van der Waals surface area contributed by atoms with E-state index in [9.17, 15) is 0 Å². The summed E-state index contributed by atoms with van der Waals surface area (Å²) in [5, 5.41) is 3.60. The fraction of sp³-hybridized carbons (Fsp3) is 1.00. The average molecular weight is 222 g/mol. The molecule has 4 atom stereocenters. The van der Waals surface area contributed by atoms with Crippen LogP contribution >= 0.6 is 0 Å². The third-order valence-corrected chi connectivity index (χ3v) is 5.31. The van der Waals surface area contributed by atoms with Crippen LogP contribution in [0.3, 0.4) is 0 Å². The number of nitrogens with one attached hydrogen (secondary N) is 1. The first-order valence-corrected chi connectivity index (χ1v) is 7.36. The highest BCUT2D eigenvalue weighted by Gasteiger charge is 2.42. The van der Waals surface area contributed by atoms with E-state index in [1.807, 2.05) is 0 Å². The molecule has 1 aliphatic carbocycles. The zero-order valence-corrected chi connectivity index (χ0v) is 10.6. The van der Waals surface area contributed by atoms with Crippen molar-refractivity contribution in [3.63, 3.8) is 0 Å². The minimum atomic E-state index is 0.859. The number of rotatable bonds is 2. The van der Waals surface area contributed by atoms with Crippen molar-refractivity contribution in [3.8, 4) is 0 Å². The Morgan fingerprint density at radius 3 is 2.81 bits per heavy atom. The van der Waals surface area contributed by atoms with Gasteiger partial charge in [0.15, 0.2) is 0 Å². The van der Waals surface area contributed by atoms with Crippen LogP contribution in [0.25, 0.3) is 0 Å². The van der Waals surface area contributed by atoms with Gasteiger partial charge in [0.1, 0.15) is 0 Å². The van der Waals surface area contributed by atoms with Gasteiger partial charge in [0.25, 0.3) is 0 Å². The smallest absolute Gasteiger partial charge is 0.0263 e. The summed E-state index contributed by atoms with van der Waals surface area (Å²) >= 11 is 0. The molecule has 3 rings (SSSR count). The van der Waals surface area contributed by atoms with Crippen molar-refractivity contribution >= 4 is 0 Å². The maximum absolute atomic E-state index is 3.60. The normalized spacial score (nSPS) is 44.8. The number of nitrogens with zero attached hydrogens (tertiary/aromatic N) is 1. The molecule has 0 radical (unpaired) electrons. The summed E-state index contributed by atoms with van der Waals surface area (Å²) in [5.41, 5.74) is 0. The number of hydrogen-bond acceptors (Lipinski definition) is 2. The molecule has 4 unspecified atom stereocenters. The quantitative estimate of drug-likeness (QED) is 0.771. The third-order valence-electron chi connectivity index (χ3n) is 5.31. The van der Waals surface area contributed by atoms with Crippen molar-refractivity contribution in [1.82, 2.24) is 10.2 Å². The molecule has 0 aromatic carbocycles. The summed E-state index contributed by atoms with van der Waals surface area (Å²) in [6, 6.07) is 1.81. The minimum Gasteiger partial charge on any atom is -0.315 e. The second kappa shape index (κ2) is 4.66. The highest BCUT2D eigenvalue weighted by molar-refractivity contribution is 4.97. The molecule has 3 fully saturated rings. The van der Waals surface area contributed by atoms with Gasteiger partial charge in [-0.15, -0.1) is 0 Å². The van der Waals surface area contributed by atoms with Crippen LogP contribution in [0.1, 0.15) is 45.4 Å². The molecule has 0 amide bonds. The number of likely N-dealkylation sites (tertiary alicyclic amines) is 1. The maximum atomic E-state index is 3.60. The lowest BCUT2D eigenvalue weighted by molar-refractivity contribution is 0.115. The van der Waals surface area contributed by atoms with E-state index in [1.165, 1.54) is 58.2 Å². The Labute approximate surface area is 99.8 Å². The van der Waals surface area contributed by atoms with E-state index in [2.05, 4.69) is 17.1 Å². The monoisotopic (exact) mass is 222 g/mol. The van der Waals surface area contributed by atoms with Gasteiger partial charge in [-0.05, 0) is 44.2 Å². The van der Waals surface area contributed by atoms with Gasteiger partial charge >= 0.3 is 0 Å². The molecular formula is C14H26N2. The van der Waals surface area contributed by atoms with Crippen molar-refractivity contribution < 1.29 is 0 Å². The maximum Gasteiger partial charge on any atom is 0.0263 e. The standard InChI is InChI=1S/C14H26N2/c1-2-11-9-15-10-14(11)16-8-7-12-5-3-4-6-13(12)16/h11-15H,2-10H2,1H3. The summed E-state index contributed by atoms with van der Waals surface area (Å²) in [7, 11) is 0. The van der Waals surface area contributed by atoms with Crippen LogP contribution in [0.15, 0.2) is 0 Å². The Bertz CT molecular complexity index is 241. The zero-order valence-electron chi connectivity index (χ0n) is 10.6. The first-order valence-electron chi connectivity index (χ1n) is 7.36. The molecule has 2 heteroatoms. The summed E-state index contributed by atoms with van der Waals surface area (Å²) < 4.78 is 0. The molecule has 2 saturated heterocycles. The van der Waals surface area contributed by atoms with Crippen LogP contribution in [0.4, 0.5) is 0 Å². The van der Waals surface area contributed by atoms with Crippen molar-refractivity contribution in [2.45, 2.75) is 57.5 Å². The molecule has 2 heterocycles. The second-order valence-corrected chi connectivity index (χ2v) is 6.03. The lowest BCUT2D eigenvalue weighted by Gasteiger charge is -2.37. The number of hydrogen-bond donors (Lipinski definition) is 1. The van der Waals surface area contributed by atoms with Crippen molar-refractivity contribution in [2.75, 3.05) is 19.6 Å². The van der Waals surface area contributed by atoms with Crippen LogP contribution in [0.2, 0.25) is 0 Å². The molecular weight excluding hydrogens is 196 g/mol. The lowest BCUT2D eigenvalue weighted by atomic mass is 9.84. The zero-order chi connectivity index (χ0) is 11.0. The van der Waals surface area contributed by atoms with Gasteiger partial charge in [0.2, 0.25) is 0 Å². The Kier molecular flexibility index (Phi) is 3.21. The van der Waals surface area contributed by atoms with Gasteiger partial charge in [-0.2, -0.15) is 0 Å². The first kappa shape index (κ1) is 11.0. The Hall–Kier alpha value is -0.0800. The molecule has 16 heavy (non-hydrogen) atoms. The van der Waals surface area contributed by atoms with Gasteiger partial charge < -0.3 is 5.32 Å². The lowest BCUT2D eigenvalue weighted by Crippen LogP contribution is -2.45. The summed E-state index contributed by atoms with van der Waals surface area (Å²) in [4.78, 5) is 2.89. The van der Waals surface area contributed by atoms with Crippen molar-refractivity contribution in [2.24, 2.45) is 11.8 Å². The molecule has 1 N–H and O–H groups in total. The highest BCUT2D eigenvalue weighted by Crippen LogP contribution is 2.39. The van der Waals surface area contributed by atoms with Gasteiger partial charge in [0, 0.05) is 18.6 Å². The fourth-order valence-corrected chi connectivity index (χ4v) is 4.38. The topological polar surface area (TPSA) is 15.3 Å². The molecule has 0 bridgehead atoms. The summed E-state index contributed by atoms with van der Waals surface area (Å²) in [6.45, 7) is 6.26. The highest BCUT2D eigenvalue weighted by atomic mass is 15.2. The van der Waals surface area contributed by atoms with Gasteiger partial charge in [-0.3, -0.25) is 4.90 Å². The Morgan fingerprint density at radius 2 is 1.94 bits per heavy atom. The summed E-state index contributed by atoms with van der Waals surface area (Å²) in [5.74, 6) is 1.97. The van der Waals surface area contributed by atoms with Crippen LogP contribution in [0, 0.1) is 11.8 Å². The van der Waals surface area contributed by atoms with Gasteiger partial charge in [-0.1, -0.05) is 26.2 Å². The van der Waals surface area contributed by atoms with Crippen molar-refractivity contribution in [3.05, 3.63) is 0 Å². The molecule has 2 nitrogen and oxygen atoms in total. The minimum absolute atomic E-state index is 0.859. The molecule has 0 aromatic rings. The van der Waals surface area contributed by atoms with Crippen LogP contribution in [-0.2, 0) is 0 Å². The van der Waals surface area contributed by atoms with Crippen molar-refractivity contribution in [1.29, 1.82) is 0 Å².